The maximum absolute atomic E-state index is 12.0. The second-order valence-corrected chi connectivity index (χ2v) is 5.60. The van der Waals surface area contributed by atoms with Gasteiger partial charge >= 0.3 is 5.97 Å². The highest BCUT2D eigenvalue weighted by Gasteiger charge is 2.17. The Kier molecular flexibility index (Phi) is 4.11. The fourth-order valence-corrected chi connectivity index (χ4v) is 2.67. The van der Waals surface area contributed by atoms with Crippen LogP contribution in [0.1, 0.15) is 10.4 Å². The summed E-state index contributed by atoms with van der Waals surface area (Å²) in [7, 11) is 1.35. The van der Waals surface area contributed by atoms with E-state index >= 15 is 0 Å². The summed E-state index contributed by atoms with van der Waals surface area (Å²) in [6.45, 7) is 0. The summed E-state index contributed by atoms with van der Waals surface area (Å²) in [4.78, 5) is 16.5. The third-order valence-electron chi connectivity index (χ3n) is 3.90. The summed E-state index contributed by atoms with van der Waals surface area (Å²) in [6, 6.07) is 22.0. The van der Waals surface area contributed by atoms with Gasteiger partial charge in [0.05, 0.1) is 18.2 Å². The average molecular weight is 345 g/mol. The van der Waals surface area contributed by atoms with Gasteiger partial charge in [0.25, 0.3) is 0 Å². The number of fused-ring (bicyclic) bond motifs is 1. The lowest BCUT2D eigenvalue weighted by Crippen LogP contribution is -2.03. The van der Waals surface area contributed by atoms with Crippen LogP contribution >= 0.6 is 0 Å². The first kappa shape index (κ1) is 15.9. The number of para-hydroxylation sites is 1. The lowest BCUT2D eigenvalue weighted by atomic mass is 10.1. The van der Waals surface area contributed by atoms with Crippen molar-refractivity contribution in [1.82, 2.24) is 4.98 Å². The van der Waals surface area contributed by atoms with Crippen molar-refractivity contribution in [2.45, 2.75) is 0 Å². The number of oxazole rings is 1. The summed E-state index contributed by atoms with van der Waals surface area (Å²) < 4.78 is 16.5. The number of aromatic nitrogens is 1. The maximum atomic E-state index is 12.0. The first-order chi connectivity index (χ1) is 12.7. The summed E-state index contributed by atoms with van der Waals surface area (Å²) in [5.74, 6) is 1.32. The second-order valence-electron chi connectivity index (χ2n) is 5.60. The molecule has 5 heteroatoms. The molecule has 1 heterocycles. The number of hydrogen-bond donors (Lipinski definition) is 0. The molecule has 4 rings (SSSR count). The van der Waals surface area contributed by atoms with Gasteiger partial charge < -0.3 is 13.9 Å². The van der Waals surface area contributed by atoms with Gasteiger partial charge in [-0.05, 0) is 36.4 Å². The molecule has 1 aromatic heterocycles. The van der Waals surface area contributed by atoms with Crippen LogP contribution in [0, 0.1) is 0 Å². The Balaban J connectivity index is 1.72. The Bertz CT molecular complexity index is 1070. The lowest BCUT2D eigenvalue weighted by Gasteiger charge is -2.04. The molecule has 0 amide bonds. The van der Waals surface area contributed by atoms with Crippen LogP contribution in [0.3, 0.4) is 0 Å². The molecule has 0 aliphatic heterocycles. The largest absolute Gasteiger partial charge is 0.465 e. The summed E-state index contributed by atoms with van der Waals surface area (Å²) in [5, 5.41) is 0. The number of esters is 1. The van der Waals surface area contributed by atoms with E-state index in [9.17, 15) is 4.79 Å². The van der Waals surface area contributed by atoms with Crippen LogP contribution in [0.5, 0.6) is 11.5 Å². The zero-order valence-electron chi connectivity index (χ0n) is 14.0. The Hall–Kier alpha value is -3.60. The minimum atomic E-state index is -0.434. The van der Waals surface area contributed by atoms with Gasteiger partial charge in [-0.15, -0.1) is 0 Å². The summed E-state index contributed by atoms with van der Waals surface area (Å²) in [5.41, 5.74) is 2.25. The minimum absolute atomic E-state index is 0.359. The van der Waals surface area contributed by atoms with E-state index in [1.807, 2.05) is 42.5 Å². The number of hydrogen-bond acceptors (Lipinski definition) is 5. The molecular weight excluding hydrogens is 330 g/mol. The number of benzene rings is 3. The van der Waals surface area contributed by atoms with Gasteiger partial charge in [-0.25, -0.2) is 9.78 Å². The van der Waals surface area contributed by atoms with E-state index in [1.165, 1.54) is 7.11 Å². The van der Waals surface area contributed by atoms with Crippen LogP contribution in [0.4, 0.5) is 0 Å². The van der Waals surface area contributed by atoms with Gasteiger partial charge in [-0.2, -0.15) is 0 Å². The topological polar surface area (TPSA) is 61.6 Å². The number of carbonyl (C=O) groups is 1. The monoisotopic (exact) mass is 345 g/mol. The molecule has 0 spiro atoms. The number of ether oxygens (including phenoxy) is 2. The molecule has 0 bridgehead atoms. The van der Waals surface area contributed by atoms with E-state index in [1.54, 1.807) is 30.3 Å². The van der Waals surface area contributed by atoms with Gasteiger partial charge in [-0.3, -0.25) is 0 Å². The molecule has 5 nitrogen and oxygen atoms in total. The van der Waals surface area contributed by atoms with Gasteiger partial charge in [0.15, 0.2) is 5.58 Å². The third kappa shape index (κ3) is 3.02. The fourth-order valence-electron chi connectivity index (χ4n) is 2.67. The number of carbonyl (C=O) groups excluding carboxylic acids is 1. The Morgan fingerprint density at radius 2 is 1.69 bits per heavy atom. The normalized spacial score (nSPS) is 10.7. The molecule has 4 aromatic rings. The van der Waals surface area contributed by atoms with Crippen molar-refractivity contribution < 1.29 is 18.7 Å². The molecular formula is C21H15NO4. The highest BCUT2D eigenvalue weighted by Crippen LogP contribution is 2.30. The molecule has 0 radical (unpaired) electrons. The quantitative estimate of drug-likeness (QED) is 0.483. The van der Waals surface area contributed by atoms with Crippen LogP contribution in [-0.2, 0) is 4.74 Å². The first-order valence-electron chi connectivity index (χ1n) is 8.06. The standard InChI is InChI=1S/C21H15NO4/c1-24-21(23)17-10-6-5-9-16(17)20-22-18-13-15(11-12-19(18)26-20)25-14-7-3-2-4-8-14/h2-13H,1H3. The predicted molar refractivity (Wildman–Crippen MR) is 97.3 cm³/mol. The van der Waals surface area contributed by atoms with Crippen molar-refractivity contribution in [3.8, 4) is 23.0 Å². The molecule has 26 heavy (non-hydrogen) atoms. The lowest BCUT2D eigenvalue weighted by molar-refractivity contribution is 0.0601. The predicted octanol–water partition coefficient (Wildman–Crippen LogP) is 5.07. The van der Waals surface area contributed by atoms with E-state index in [2.05, 4.69) is 4.98 Å². The number of nitrogens with zero attached hydrogens (tertiary/aromatic N) is 1. The zero-order chi connectivity index (χ0) is 17.9. The molecule has 128 valence electrons. The summed E-state index contributed by atoms with van der Waals surface area (Å²) >= 11 is 0. The Morgan fingerprint density at radius 1 is 0.923 bits per heavy atom. The second kappa shape index (κ2) is 6.72. The molecule has 0 atom stereocenters. The summed E-state index contributed by atoms with van der Waals surface area (Å²) in [6.07, 6.45) is 0. The van der Waals surface area contributed by atoms with Crippen molar-refractivity contribution in [3.05, 3.63) is 78.4 Å². The van der Waals surface area contributed by atoms with Gasteiger partial charge in [0.2, 0.25) is 5.89 Å². The number of rotatable bonds is 4. The van der Waals surface area contributed by atoms with Crippen molar-refractivity contribution in [1.29, 1.82) is 0 Å². The average Bonchev–Trinajstić information content (AvgIpc) is 3.11. The number of methoxy groups -OCH3 is 1. The van der Waals surface area contributed by atoms with Gasteiger partial charge in [-0.1, -0.05) is 30.3 Å². The molecule has 0 aliphatic rings. The maximum Gasteiger partial charge on any atom is 0.338 e. The Morgan fingerprint density at radius 3 is 2.50 bits per heavy atom. The minimum Gasteiger partial charge on any atom is -0.465 e. The molecule has 0 unspecified atom stereocenters. The highest BCUT2D eigenvalue weighted by atomic mass is 16.5. The van der Waals surface area contributed by atoms with Crippen LogP contribution in [-0.4, -0.2) is 18.1 Å². The smallest absolute Gasteiger partial charge is 0.338 e. The van der Waals surface area contributed by atoms with E-state index in [-0.39, 0.29) is 0 Å². The highest BCUT2D eigenvalue weighted by molar-refractivity contribution is 5.96. The van der Waals surface area contributed by atoms with E-state index in [0.29, 0.717) is 33.9 Å². The van der Waals surface area contributed by atoms with Crippen molar-refractivity contribution >= 4 is 17.1 Å². The zero-order valence-corrected chi connectivity index (χ0v) is 14.0. The van der Waals surface area contributed by atoms with E-state index < -0.39 is 5.97 Å². The van der Waals surface area contributed by atoms with Gasteiger partial charge in [0, 0.05) is 6.07 Å². The van der Waals surface area contributed by atoms with Crippen molar-refractivity contribution in [3.63, 3.8) is 0 Å². The van der Waals surface area contributed by atoms with E-state index in [0.717, 1.165) is 5.75 Å². The van der Waals surface area contributed by atoms with Crippen LogP contribution in [0.25, 0.3) is 22.6 Å². The van der Waals surface area contributed by atoms with Gasteiger partial charge in [0.1, 0.15) is 17.0 Å². The molecule has 3 aromatic carbocycles. The van der Waals surface area contributed by atoms with Crippen LogP contribution < -0.4 is 4.74 Å². The molecule has 0 fully saturated rings. The van der Waals surface area contributed by atoms with Crippen molar-refractivity contribution in [2.75, 3.05) is 7.11 Å². The van der Waals surface area contributed by atoms with Crippen molar-refractivity contribution in [2.24, 2.45) is 0 Å². The first-order valence-corrected chi connectivity index (χ1v) is 8.06. The Labute approximate surface area is 149 Å². The molecule has 0 saturated carbocycles. The fraction of sp³-hybridized carbons (Fsp3) is 0.0476. The molecule has 0 saturated heterocycles. The molecule has 0 aliphatic carbocycles. The van der Waals surface area contributed by atoms with Crippen LogP contribution in [0.15, 0.2) is 77.2 Å². The van der Waals surface area contributed by atoms with Crippen LogP contribution in [0.2, 0.25) is 0 Å². The SMILES string of the molecule is COC(=O)c1ccccc1-c1nc2cc(Oc3ccccc3)ccc2o1. The third-order valence-corrected chi connectivity index (χ3v) is 3.90. The molecule has 0 N–H and O–H groups in total. The van der Waals surface area contributed by atoms with E-state index in [4.69, 9.17) is 13.9 Å².